The Kier molecular flexibility index (Phi) is 7.60. The fraction of sp³-hybridized carbons (Fsp3) is 0.0769. The van der Waals surface area contributed by atoms with Crippen LogP contribution in [0.25, 0.3) is 11.1 Å². The molecule has 4 aromatic rings. The zero-order chi connectivity index (χ0) is 21.6. The SMILES string of the molecule is Cl.NC(C(=O)Nc1ccc(-c2ccc(=O)[nH]c2)cc1)C(c1ccccc1)c1ccccc1. The molecule has 0 saturated carbocycles. The number of aromatic nitrogens is 1. The van der Waals surface area contributed by atoms with Crippen LogP contribution in [0.2, 0.25) is 0 Å². The van der Waals surface area contributed by atoms with Gasteiger partial charge in [0.25, 0.3) is 0 Å². The van der Waals surface area contributed by atoms with Crippen LogP contribution in [-0.2, 0) is 4.79 Å². The van der Waals surface area contributed by atoms with E-state index in [2.05, 4.69) is 10.3 Å². The second-order valence-electron chi connectivity index (χ2n) is 7.33. The van der Waals surface area contributed by atoms with Crippen LogP contribution in [0.1, 0.15) is 17.0 Å². The number of anilines is 1. The molecule has 1 atom stereocenters. The maximum Gasteiger partial charge on any atom is 0.247 e. The van der Waals surface area contributed by atoms with Gasteiger partial charge in [0, 0.05) is 23.9 Å². The average molecular weight is 446 g/mol. The predicted molar refractivity (Wildman–Crippen MR) is 131 cm³/mol. The van der Waals surface area contributed by atoms with E-state index in [1.165, 1.54) is 6.07 Å². The molecule has 0 fully saturated rings. The van der Waals surface area contributed by atoms with E-state index in [9.17, 15) is 9.59 Å². The minimum Gasteiger partial charge on any atom is -0.328 e. The average Bonchev–Trinajstić information content (AvgIpc) is 2.82. The van der Waals surface area contributed by atoms with Gasteiger partial charge in [-0.25, -0.2) is 0 Å². The summed E-state index contributed by atoms with van der Waals surface area (Å²) in [7, 11) is 0. The summed E-state index contributed by atoms with van der Waals surface area (Å²) in [6.07, 6.45) is 1.66. The van der Waals surface area contributed by atoms with Gasteiger partial charge < -0.3 is 16.0 Å². The van der Waals surface area contributed by atoms with Crippen molar-refractivity contribution < 1.29 is 4.79 Å². The standard InChI is InChI=1S/C26H23N3O2.ClH/c27-25(24(19-7-3-1-4-8-19)20-9-5-2-6-10-20)26(31)29-22-14-11-18(12-15-22)21-13-16-23(30)28-17-21;/h1-17,24-25H,27H2,(H,28,30)(H,29,31);1H. The molecule has 4 rings (SSSR count). The third-order valence-electron chi connectivity index (χ3n) is 5.25. The van der Waals surface area contributed by atoms with E-state index in [4.69, 9.17) is 5.73 Å². The van der Waals surface area contributed by atoms with E-state index in [1.54, 1.807) is 12.3 Å². The van der Waals surface area contributed by atoms with Crippen molar-refractivity contribution in [2.24, 2.45) is 5.73 Å². The molecular weight excluding hydrogens is 422 g/mol. The van der Waals surface area contributed by atoms with Crippen LogP contribution in [0.4, 0.5) is 5.69 Å². The van der Waals surface area contributed by atoms with Gasteiger partial charge in [-0.2, -0.15) is 0 Å². The summed E-state index contributed by atoms with van der Waals surface area (Å²) in [5.74, 6) is -0.516. The molecule has 0 saturated heterocycles. The van der Waals surface area contributed by atoms with Gasteiger partial charge >= 0.3 is 0 Å². The first-order valence-corrected chi connectivity index (χ1v) is 10.1. The van der Waals surface area contributed by atoms with Gasteiger partial charge in [0.2, 0.25) is 11.5 Å². The monoisotopic (exact) mass is 445 g/mol. The molecule has 1 unspecified atom stereocenters. The molecule has 0 radical (unpaired) electrons. The number of halogens is 1. The quantitative estimate of drug-likeness (QED) is 0.406. The summed E-state index contributed by atoms with van der Waals surface area (Å²) in [6.45, 7) is 0. The van der Waals surface area contributed by atoms with Crippen LogP contribution in [0.15, 0.2) is 108 Å². The first-order valence-electron chi connectivity index (χ1n) is 10.1. The predicted octanol–water partition coefficient (Wildman–Crippen LogP) is 4.56. The zero-order valence-electron chi connectivity index (χ0n) is 17.3. The summed E-state index contributed by atoms with van der Waals surface area (Å²) in [4.78, 5) is 26.9. The van der Waals surface area contributed by atoms with Crippen molar-refractivity contribution in [3.8, 4) is 11.1 Å². The van der Waals surface area contributed by atoms with Crippen molar-refractivity contribution in [3.05, 3.63) is 125 Å². The highest BCUT2D eigenvalue weighted by Gasteiger charge is 2.27. The minimum atomic E-state index is -0.760. The maximum absolute atomic E-state index is 13.0. The third-order valence-corrected chi connectivity index (χ3v) is 5.25. The molecule has 0 aliphatic carbocycles. The second-order valence-corrected chi connectivity index (χ2v) is 7.33. The van der Waals surface area contributed by atoms with Gasteiger partial charge in [0.05, 0.1) is 6.04 Å². The number of hydrogen-bond acceptors (Lipinski definition) is 3. The molecule has 1 aromatic heterocycles. The number of nitrogens with one attached hydrogen (secondary N) is 2. The number of benzene rings is 3. The normalized spacial score (nSPS) is 11.4. The van der Waals surface area contributed by atoms with E-state index in [1.807, 2.05) is 84.9 Å². The van der Waals surface area contributed by atoms with Crippen LogP contribution in [0.5, 0.6) is 0 Å². The Hall–Kier alpha value is -3.67. The van der Waals surface area contributed by atoms with Gasteiger partial charge in [-0.05, 0) is 40.5 Å². The van der Waals surface area contributed by atoms with Gasteiger partial charge in [-0.15, -0.1) is 12.4 Å². The van der Waals surface area contributed by atoms with Crippen molar-refractivity contribution >= 4 is 24.0 Å². The first-order chi connectivity index (χ1) is 15.1. The highest BCUT2D eigenvalue weighted by molar-refractivity contribution is 5.96. The third kappa shape index (κ3) is 5.32. The van der Waals surface area contributed by atoms with E-state index in [-0.39, 0.29) is 29.8 Å². The van der Waals surface area contributed by atoms with Crippen molar-refractivity contribution in [3.63, 3.8) is 0 Å². The van der Waals surface area contributed by atoms with E-state index in [0.717, 1.165) is 22.3 Å². The minimum absolute atomic E-state index is 0. The Morgan fingerprint density at radius 1 is 0.750 bits per heavy atom. The van der Waals surface area contributed by atoms with Crippen molar-refractivity contribution in [1.29, 1.82) is 0 Å². The van der Waals surface area contributed by atoms with Crippen molar-refractivity contribution in [2.45, 2.75) is 12.0 Å². The number of carbonyl (C=O) groups is 1. The lowest BCUT2D eigenvalue weighted by atomic mass is 9.85. The van der Waals surface area contributed by atoms with Crippen LogP contribution in [0, 0.1) is 0 Å². The molecule has 1 amide bonds. The second kappa shape index (κ2) is 10.6. The Labute approximate surface area is 192 Å². The van der Waals surface area contributed by atoms with E-state index >= 15 is 0 Å². The number of carbonyl (C=O) groups excluding carboxylic acids is 1. The van der Waals surface area contributed by atoms with Crippen LogP contribution in [-0.4, -0.2) is 16.9 Å². The molecule has 162 valence electrons. The van der Waals surface area contributed by atoms with Crippen LogP contribution >= 0.6 is 12.4 Å². The summed E-state index contributed by atoms with van der Waals surface area (Å²) in [5, 5.41) is 2.93. The molecule has 0 aliphatic heterocycles. The van der Waals surface area contributed by atoms with E-state index in [0.29, 0.717) is 5.69 Å². The number of aromatic amines is 1. The smallest absolute Gasteiger partial charge is 0.247 e. The molecule has 1 heterocycles. The number of hydrogen-bond donors (Lipinski definition) is 3. The lowest BCUT2D eigenvalue weighted by molar-refractivity contribution is -0.117. The number of H-pyrrole nitrogens is 1. The Balaban J connectivity index is 0.00000289. The number of rotatable bonds is 6. The molecule has 0 spiro atoms. The topological polar surface area (TPSA) is 88.0 Å². The fourth-order valence-corrected chi connectivity index (χ4v) is 3.64. The lowest BCUT2D eigenvalue weighted by Crippen LogP contribution is -2.41. The molecule has 32 heavy (non-hydrogen) atoms. The molecule has 4 N–H and O–H groups in total. The molecule has 0 bridgehead atoms. The molecule has 3 aromatic carbocycles. The first kappa shape index (κ1) is 23.0. The number of nitrogens with two attached hydrogens (primary N) is 1. The Morgan fingerprint density at radius 2 is 1.28 bits per heavy atom. The zero-order valence-corrected chi connectivity index (χ0v) is 18.1. The lowest BCUT2D eigenvalue weighted by Gasteiger charge is -2.24. The van der Waals surface area contributed by atoms with Gasteiger partial charge in [0.1, 0.15) is 0 Å². The summed E-state index contributed by atoms with van der Waals surface area (Å²) < 4.78 is 0. The molecular formula is C26H24ClN3O2. The number of amides is 1. The van der Waals surface area contributed by atoms with Gasteiger partial charge in [-0.1, -0.05) is 72.8 Å². The molecule has 5 nitrogen and oxygen atoms in total. The Bertz CT molecular complexity index is 1150. The highest BCUT2D eigenvalue weighted by atomic mass is 35.5. The van der Waals surface area contributed by atoms with E-state index < -0.39 is 6.04 Å². The van der Waals surface area contributed by atoms with Crippen LogP contribution in [0.3, 0.4) is 0 Å². The summed E-state index contributed by atoms with van der Waals surface area (Å²) in [5.41, 5.74) is 10.8. The summed E-state index contributed by atoms with van der Waals surface area (Å²) in [6, 6.07) is 29.6. The Morgan fingerprint density at radius 3 is 1.78 bits per heavy atom. The highest BCUT2D eigenvalue weighted by Crippen LogP contribution is 2.28. The largest absolute Gasteiger partial charge is 0.328 e. The summed E-state index contributed by atoms with van der Waals surface area (Å²) >= 11 is 0. The van der Waals surface area contributed by atoms with Crippen molar-refractivity contribution in [2.75, 3.05) is 5.32 Å². The van der Waals surface area contributed by atoms with Gasteiger partial charge in [0.15, 0.2) is 0 Å². The van der Waals surface area contributed by atoms with Crippen LogP contribution < -0.4 is 16.6 Å². The number of pyridine rings is 1. The fourth-order valence-electron chi connectivity index (χ4n) is 3.64. The molecule has 6 heteroatoms. The maximum atomic E-state index is 13.0. The molecule has 0 aliphatic rings. The van der Waals surface area contributed by atoms with Crippen molar-refractivity contribution in [1.82, 2.24) is 4.98 Å². The van der Waals surface area contributed by atoms with Gasteiger partial charge in [-0.3, -0.25) is 9.59 Å².